The number of Topliss-reactive ketones (excluding diaryl/α,β-unsaturated/α-hetero) is 1. The molecule has 3 aliphatic rings. The summed E-state index contributed by atoms with van der Waals surface area (Å²) in [4.78, 5) is 31.8. The first-order valence-electron chi connectivity index (χ1n) is 11.0. The zero-order valence-corrected chi connectivity index (χ0v) is 18.1. The number of ether oxygens (including phenoxy) is 2. The summed E-state index contributed by atoms with van der Waals surface area (Å²) >= 11 is 0. The average Bonchev–Trinajstić information content (AvgIpc) is 2.76. The summed E-state index contributed by atoms with van der Waals surface area (Å²) in [5, 5.41) is 0. The maximum Gasteiger partial charge on any atom is 0.433 e. The van der Waals surface area contributed by atoms with Crippen LogP contribution >= 0.6 is 0 Å². The van der Waals surface area contributed by atoms with Gasteiger partial charge in [-0.15, -0.1) is 0 Å². The first-order chi connectivity index (χ1) is 15.2. The van der Waals surface area contributed by atoms with E-state index in [1.807, 2.05) is 9.80 Å². The zero-order chi connectivity index (χ0) is 22.9. The lowest BCUT2D eigenvalue weighted by Crippen LogP contribution is -2.54. The van der Waals surface area contributed by atoms with Crippen molar-refractivity contribution in [2.45, 2.75) is 44.9 Å². The van der Waals surface area contributed by atoms with Crippen LogP contribution in [-0.4, -0.2) is 72.1 Å². The first kappa shape index (κ1) is 22.8. The van der Waals surface area contributed by atoms with Gasteiger partial charge in [0.25, 0.3) is 0 Å². The molecular formula is C22H28F3N3O4. The maximum atomic E-state index is 12.9. The van der Waals surface area contributed by atoms with Gasteiger partial charge in [-0.2, -0.15) is 13.2 Å². The van der Waals surface area contributed by atoms with E-state index in [0.29, 0.717) is 45.0 Å². The third-order valence-electron chi connectivity index (χ3n) is 6.58. The van der Waals surface area contributed by atoms with Crippen molar-refractivity contribution in [3.63, 3.8) is 0 Å². The first-order valence-corrected chi connectivity index (χ1v) is 11.0. The van der Waals surface area contributed by atoms with Crippen molar-refractivity contribution in [3.8, 4) is 5.75 Å². The highest BCUT2D eigenvalue weighted by atomic mass is 19.4. The Morgan fingerprint density at radius 3 is 2.62 bits per heavy atom. The summed E-state index contributed by atoms with van der Waals surface area (Å²) in [5.74, 6) is 0.721. The van der Waals surface area contributed by atoms with Crippen molar-refractivity contribution in [2.24, 2.45) is 11.8 Å². The van der Waals surface area contributed by atoms with Crippen LogP contribution in [0.1, 0.15) is 36.9 Å². The smallest absolute Gasteiger partial charge is 0.433 e. The number of fused-ring (bicyclic) bond motifs is 1. The number of alkyl halides is 3. The van der Waals surface area contributed by atoms with E-state index in [0.717, 1.165) is 25.5 Å². The third-order valence-corrected chi connectivity index (χ3v) is 6.58. The number of ketones is 1. The minimum absolute atomic E-state index is 0.00315. The molecule has 0 saturated carbocycles. The molecule has 3 saturated heterocycles. The van der Waals surface area contributed by atoms with E-state index in [1.54, 1.807) is 0 Å². The number of aromatic nitrogens is 1. The van der Waals surface area contributed by atoms with Gasteiger partial charge in [0, 0.05) is 38.5 Å². The van der Waals surface area contributed by atoms with Gasteiger partial charge < -0.3 is 19.3 Å². The van der Waals surface area contributed by atoms with Gasteiger partial charge in [0.1, 0.15) is 18.1 Å². The van der Waals surface area contributed by atoms with E-state index in [1.165, 1.54) is 13.0 Å². The van der Waals surface area contributed by atoms with E-state index in [2.05, 4.69) is 4.98 Å². The number of rotatable bonds is 3. The quantitative estimate of drug-likeness (QED) is 0.700. The van der Waals surface area contributed by atoms with Crippen molar-refractivity contribution >= 4 is 11.8 Å². The molecule has 0 unspecified atom stereocenters. The minimum atomic E-state index is -4.48. The standard InChI is InChI=1S/C22H28F3N3O4/c1-14-8-18(10-26-20(14)22(23,24)25)31-12-15-2-5-27(6-3-15)21(30)28-7-4-19-16(11-28)9-17(29)13-32-19/h8,10,15-16,19H,2-7,9,11-13H2,1H3/t16-,19+/m1/s1. The van der Waals surface area contributed by atoms with Gasteiger partial charge in [0.2, 0.25) is 0 Å². The van der Waals surface area contributed by atoms with Gasteiger partial charge in [-0.05, 0) is 43.7 Å². The predicted molar refractivity (Wildman–Crippen MR) is 108 cm³/mol. The summed E-state index contributed by atoms with van der Waals surface area (Å²) in [5.41, 5.74) is -0.867. The van der Waals surface area contributed by atoms with Gasteiger partial charge in [-0.3, -0.25) is 4.79 Å². The van der Waals surface area contributed by atoms with Gasteiger partial charge >= 0.3 is 12.2 Å². The van der Waals surface area contributed by atoms with Crippen LogP contribution in [0.4, 0.5) is 18.0 Å². The molecule has 2 amide bonds. The second kappa shape index (κ2) is 9.25. The number of pyridine rings is 1. The molecule has 3 fully saturated rings. The van der Waals surface area contributed by atoms with Crippen molar-refractivity contribution in [1.29, 1.82) is 0 Å². The molecule has 32 heavy (non-hydrogen) atoms. The van der Waals surface area contributed by atoms with Crippen molar-refractivity contribution in [3.05, 3.63) is 23.5 Å². The number of nitrogens with zero attached hydrogens (tertiary/aromatic N) is 3. The van der Waals surface area contributed by atoms with Crippen LogP contribution in [-0.2, 0) is 15.7 Å². The topological polar surface area (TPSA) is 72.0 Å². The fraction of sp³-hybridized carbons (Fsp3) is 0.682. The monoisotopic (exact) mass is 455 g/mol. The highest BCUT2D eigenvalue weighted by Crippen LogP contribution is 2.32. The zero-order valence-electron chi connectivity index (χ0n) is 18.1. The second-order valence-electron chi connectivity index (χ2n) is 8.95. The molecule has 0 bridgehead atoms. The fourth-order valence-corrected chi connectivity index (χ4v) is 4.78. The van der Waals surface area contributed by atoms with Gasteiger partial charge in [-0.25, -0.2) is 9.78 Å². The molecule has 176 valence electrons. The molecule has 4 rings (SSSR count). The van der Waals surface area contributed by atoms with Gasteiger partial charge in [-0.1, -0.05) is 0 Å². The van der Waals surface area contributed by atoms with Crippen molar-refractivity contribution < 1.29 is 32.2 Å². The largest absolute Gasteiger partial charge is 0.492 e. The molecule has 7 nitrogen and oxygen atoms in total. The van der Waals surface area contributed by atoms with E-state index in [-0.39, 0.29) is 41.9 Å². The molecule has 10 heteroatoms. The molecule has 1 aromatic rings. The van der Waals surface area contributed by atoms with E-state index >= 15 is 0 Å². The molecule has 4 heterocycles. The molecule has 0 spiro atoms. The molecule has 0 aliphatic carbocycles. The second-order valence-corrected chi connectivity index (χ2v) is 8.95. The molecule has 1 aromatic heterocycles. The summed E-state index contributed by atoms with van der Waals surface area (Å²) in [7, 11) is 0. The van der Waals surface area contributed by atoms with E-state index < -0.39 is 11.9 Å². The maximum absolute atomic E-state index is 12.9. The number of amides is 2. The lowest BCUT2D eigenvalue weighted by molar-refractivity contribution is -0.141. The number of carbonyl (C=O) groups is 2. The van der Waals surface area contributed by atoms with Crippen LogP contribution in [0.2, 0.25) is 0 Å². The molecule has 0 aromatic carbocycles. The molecule has 2 atom stereocenters. The average molecular weight is 455 g/mol. The number of carbonyl (C=O) groups excluding carboxylic acids is 2. The Bertz CT molecular complexity index is 855. The summed E-state index contributed by atoms with van der Waals surface area (Å²) < 4.78 is 49.8. The summed E-state index contributed by atoms with van der Waals surface area (Å²) in [6.07, 6.45) is -0.529. The highest BCUT2D eigenvalue weighted by Gasteiger charge is 2.38. The van der Waals surface area contributed by atoms with E-state index in [4.69, 9.17) is 9.47 Å². The Labute approximate surface area is 184 Å². The predicted octanol–water partition coefficient (Wildman–Crippen LogP) is 3.30. The normalized spacial score (nSPS) is 24.9. The summed E-state index contributed by atoms with van der Waals surface area (Å²) in [6, 6.07) is 1.36. The van der Waals surface area contributed by atoms with Crippen LogP contribution in [0, 0.1) is 18.8 Å². The minimum Gasteiger partial charge on any atom is -0.492 e. The number of aryl methyl sites for hydroxylation is 1. The number of urea groups is 1. The van der Waals surface area contributed by atoms with Crippen LogP contribution in [0.5, 0.6) is 5.75 Å². The summed E-state index contributed by atoms with van der Waals surface area (Å²) in [6.45, 7) is 4.34. The van der Waals surface area contributed by atoms with Crippen LogP contribution in [0.15, 0.2) is 12.3 Å². The number of piperidine rings is 2. The SMILES string of the molecule is Cc1cc(OCC2CCN(C(=O)N3CC[C@@H]4OCC(=O)C[C@@H]4C3)CC2)cnc1C(F)(F)F. The Hall–Kier alpha value is -2.36. The van der Waals surface area contributed by atoms with Crippen LogP contribution in [0.25, 0.3) is 0 Å². The highest BCUT2D eigenvalue weighted by molar-refractivity contribution is 5.81. The van der Waals surface area contributed by atoms with Crippen LogP contribution < -0.4 is 4.74 Å². The van der Waals surface area contributed by atoms with Crippen LogP contribution in [0.3, 0.4) is 0 Å². The molecule has 3 aliphatic heterocycles. The lowest BCUT2D eigenvalue weighted by atomic mass is 9.88. The Morgan fingerprint density at radius 1 is 1.22 bits per heavy atom. The van der Waals surface area contributed by atoms with Crippen molar-refractivity contribution in [1.82, 2.24) is 14.8 Å². The number of hydrogen-bond donors (Lipinski definition) is 0. The molecular weight excluding hydrogens is 427 g/mol. The van der Waals surface area contributed by atoms with Gasteiger partial charge in [0.05, 0.1) is 18.9 Å². The van der Waals surface area contributed by atoms with Gasteiger partial charge in [0.15, 0.2) is 5.78 Å². The molecule has 0 N–H and O–H groups in total. The number of halogens is 3. The Kier molecular flexibility index (Phi) is 6.60. The number of hydrogen-bond acceptors (Lipinski definition) is 5. The molecule has 0 radical (unpaired) electrons. The third kappa shape index (κ3) is 5.16. The number of likely N-dealkylation sites (tertiary alicyclic amines) is 2. The van der Waals surface area contributed by atoms with E-state index in [9.17, 15) is 22.8 Å². The lowest BCUT2D eigenvalue weighted by Gasteiger charge is -2.43. The fourth-order valence-electron chi connectivity index (χ4n) is 4.78. The Morgan fingerprint density at radius 2 is 1.94 bits per heavy atom. The Balaban J connectivity index is 1.23. The van der Waals surface area contributed by atoms with Crippen molar-refractivity contribution in [2.75, 3.05) is 39.4 Å².